The minimum absolute atomic E-state index is 0.0540. The van der Waals surface area contributed by atoms with Crippen molar-refractivity contribution in [2.45, 2.75) is 12.2 Å². The molecule has 33 heavy (non-hydrogen) atoms. The minimum Gasteiger partial charge on any atom is -0.493 e. The summed E-state index contributed by atoms with van der Waals surface area (Å²) in [5.41, 5.74) is 4.75. The predicted molar refractivity (Wildman–Crippen MR) is 130 cm³/mol. The summed E-state index contributed by atoms with van der Waals surface area (Å²) in [7, 11) is 3.26. The first-order chi connectivity index (χ1) is 16.1. The smallest absolute Gasteiger partial charge is 0.161 e. The first kappa shape index (κ1) is 21.3. The van der Waals surface area contributed by atoms with Crippen molar-refractivity contribution in [1.29, 1.82) is 0 Å². The van der Waals surface area contributed by atoms with Crippen LogP contribution in [-0.4, -0.2) is 29.0 Å². The quantitative estimate of drug-likeness (QED) is 0.354. The van der Waals surface area contributed by atoms with Gasteiger partial charge in [-0.05, 0) is 48.9 Å². The molecular formula is C26H22FN3O2S. The van der Waals surface area contributed by atoms with Crippen molar-refractivity contribution in [3.63, 3.8) is 0 Å². The van der Waals surface area contributed by atoms with Gasteiger partial charge in [0.2, 0.25) is 0 Å². The fourth-order valence-corrected chi connectivity index (χ4v) is 5.27. The Hall–Kier alpha value is -3.58. The molecule has 0 spiro atoms. The van der Waals surface area contributed by atoms with Gasteiger partial charge in [0, 0.05) is 11.1 Å². The van der Waals surface area contributed by atoms with E-state index in [1.54, 1.807) is 42.8 Å². The van der Waals surface area contributed by atoms with Gasteiger partial charge in [-0.1, -0.05) is 48.2 Å². The number of fused-ring (bicyclic) bond motifs is 1. The highest BCUT2D eigenvalue weighted by Gasteiger charge is 2.32. The molecule has 0 saturated carbocycles. The summed E-state index contributed by atoms with van der Waals surface area (Å²) in [6.45, 7) is 1.98. The molecule has 166 valence electrons. The topological polar surface area (TPSA) is 48.6 Å². The van der Waals surface area contributed by atoms with Gasteiger partial charge >= 0.3 is 0 Å². The SMILES string of the molecule is COc1ccc([C@H]2SC(c3ccccc3)=Nc3c2c(C)nn3-c2ccc(F)cc2)cc1OC. The Kier molecular flexibility index (Phi) is 5.64. The van der Waals surface area contributed by atoms with Crippen LogP contribution in [0.15, 0.2) is 77.8 Å². The van der Waals surface area contributed by atoms with Gasteiger partial charge in [-0.15, -0.1) is 0 Å². The zero-order chi connectivity index (χ0) is 22.9. The molecule has 1 atom stereocenters. The number of methoxy groups -OCH3 is 2. The fourth-order valence-electron chi connectivity index (χ4n) is 3.96. The molecule has 2 heterocycles. The molecule has 0 saturated heterocycles. The molecule has 0 N–H and O–H groups in total. The molecule has 0 bridgehead atoms. The van der Waals surface area contributed by atoms with Gasteiger partial charge < -0.3 is 9.47 Å². The molecule has 0 amide bonds. The Balaban J connectivity index is 1.71. The number of hydrogen-bond acceptors (Lipinski definition) is 5. The average molecular weight is 460 g/mol. The van der Waals surface area contributed by atoms with Gasteiger partial charge in [-0.2, -0.15) is 5.10 Å². The van der Waals surface area contributed by atoms with E-state index in [0.29, 0.717) is 11.5 Å². The van der Waals surface area contributed by atoms with Crippen LogP contribution in [0, 0.1) is 12.7 Å². The molecule has 1 aromatic heterocycles. The van der Waals surface area contributed by atoms with Crippen molar-refractivity contribution < 1.29 is 13.9 Å². The third-order valence-electron chi connectivity index (χ3n) is 5.58. The number of nitrogens with zero attached hydrogens (tertiary/aromatic N) is 3. The molecule has 5 nitrogen and oxygen atoms in total. The maximum Gasteiger partial charge on any atom is 0.161 e. The second-order valence-electron chi connectivity index (χ2n) is 7.61. The second kappa shape index (κ2) is 8.75. The largest absolute Gasteiger partial charge is 0.493 e. The van der Waals surface area contributed by atoms with Gasteiger partial charge in [0.05, 0.1) is 30.9 Å². The number of thioether (sulfide) groups is 1. The Labute approximate surface area is 195 Å². The van der Waals surface area contributed by atoms with Crippen molar-refractivity contribution in [2.24, 2.45) is 4.99 Å². The Bertz CT molecular complexity index is 1330. The van der Waals surface area contributed by atoms with Crippen molar-refractivity contribution in [3.8, 4) is 17.2 Å². The number of hydrogen-bond donors (Lipinski definition) is 0. The fraction of sp³-hybridized carbons (Fsp3) is 0.154. The molecule has 0 radical (unpaired) electrons. The van der Waals surface area contributed by atoms with E-state index in [0.717, 1.165) is 38.9 Å². The molecule has 0 fully saturated rings. The zero-order valence-electron chi connectivity index (χ0n) is 18.4. The van der Waals surface area contributed by atoms with E-state index in [9.17, 15) is 4.39 Å². The second-order valence-corrected chi connectivity index (χ2v) is 8.70. The minimum atomic E-state index is -0.288. The summed E-state index contributed by atoms with van der Waals surface area (Å²) in [6.07, 6.45) is 0. The normalized spacial score (nSPS) is 15.0. The molecule has 1 aliphatic rings. The summed E-state index contributed by atoms with van der Waals surface area (Å²) >= 11 is 1.68. The lowest BCUT2D eigenvalue weighted by Crippen LogP contribution is -2.10. The first-order valence-electron chi connectivity index (χ1n) is 10.5. The number of benzene rings is 3. The number of halogens is 1. The number of rotatable bonds is 5. The lowest BCUT2D eigenvalue weighted by atomic mass is 10.0. The van der Waals surface area contributed by atoms with E-state index >= 15 is 0 Å². The van der Waals surface area contributed by atoms with Crippen LogP contribution in [0.3, 0.4) is 0 Å². The van der Waals surface area contributed by atoms with Crippen LogP contribution in [-0.2, 0) is 0 Å². The van der Waals surface area contributed by atoms with Crippen LogP contribution in [0.5, 0.6) is 11.5 Å². The van der Waals surface area contributed by atoms with Gasteiger partial charge in [0.25, 0.3) is 0 Å². The van der Waals surface area contributed by atoms with Crippen LogP contribution < -0.4 is 9.47 Å². The summed E-state index contributed by atoms with van der Waals surface area (Å²) in [5, 5.41) is 5.63. The number of aliphatic imine (C=N–C) groups is 1. The molecule has 0 unspecified atom stereocenters. The third kappa shape index (κ3) is 3.89. The molecule has 7 heteroatoms. The third-order valence-corrected chi connectivity index (χ3v) is 6.88. The molecule has 4 aromatic rings. The van der Waals surface area contributed by atoms with E-state index in [-0.39, 0.29) is 11.1 Å². The molecule has 0 aliphatic carbocycles. The standard InChI is InChI=1S/C26H22FN3O2S/c1-16-23-24(18-9-14-21(31-2)22(15-18)32-3)33-26(17-7-5-4-6-8-17)28-25(23)30(29-16)20-12-10-19(27)11-13-20/h4-15,24H,1-3H3/t24-/m1/s1. The molecule has 5 rings (SSSR count). The van der Waals surface area contributed by atoms with E-state index in [2.05, 4.69) is 0 Å². The number of aryl methyl sites for hydroxylation is 1. The Morgan fingerprint density at radius 1 is 0.909 bits per heavy atom. The van der Waals surface area contributed by atoms with Crippen LogP contribution in [0.4, 0.5) is 10.2 Å². The maximum atomic E-state index is 13.6. The molecule has 1 aliphatic heterocycles. The highest BCUT2D eigenvalue weighted by molar-refractivity contribution is 8.14. The van der Waals surface area contributed by atoms with E-state index in [1.807, 2.05) is 55.5 Å². The first-order valence-corrected chi connectivity index (χ1v) is 11.3. The summed E-state index contributed by atoms with van der Waals surface area (Å²) in [4.78, 5) is 5.02. The highest BCUT2D eigenvalue weighted by Crippen LogP contribution is 2.49. The van der Waals surface area contributed by atoms with Crippen LogP contribution in [0.25, 0.3) is 5.69 Å². The van der Waals surface area contributed by atoms with Crippen LogP contribution >= 0.6 is 11.8 Å². The van der Waals surface area contributed by atoms with E-state index in [1.165, 1.54) is 12.1 Å². The average Bonchev–Trinajstić information content (AvgIpc) is 3.20. The van der Waals surface area contributed by atoms with Gasteiger partial charge in [-0.3, -0.25) is 0 Å². The predicted octanol–water partition coefficient (Wildman–Crippen LogP) is 6.25. The van der Waals surface area contributed by atoms with Crippen molar-refractivity contribution in [1.82, 2.24) is 9.78 Å². The Morgan fingerprint density at radius 2 is 1.64 bits per heavy atom. The van der Waals surface area contributed by atoms with Crippen molar-refractivity contribution >= 4 is 22.6 Å². The highest BCUT2D eigenvalue weighted by atomic mass is 32.2. The summed E-state index contributed by atoms with van der Waals surface area (Å²) < 4.78 is 26.3. The summed E-state index contributed by atoms with van der Waals surface area (Å²) in [6, 6.07) is 22.4. The van der Waals surface area contributed by atoms with Gasteiger partial charge in [-0.25, -0.2) is 14.1 Å². The van der Waals surface area contributed by atoms with E-state index < -0.39 is 0 Å². The number of ether oxygens (including phenoxy) is 2. The number of aromatic nitrogens is 2. The van der Waals surface area contributed by atoms with Gasteiger partial charge in [0.15, 0.2) is 17.3 Å². The van der Waals surface area contributed by atoms with Crippen LogP contribution in [0.2, 0.25) is 0 Å². The monoisotopic (exact) mass is 459 g/mol. The Morgan fingerprint density at radius 3 is 2.33 bits per heavy atom. The molecular weight excluding hydrogens is 437 g/mol. The molecule has 3 aromatic carbocycles. The van der Waals surface area contributed by atoms with Crippen molar-refractivity contribution in [2.75, 3.05) is 14.2 Å². The maximum absolute atomic E-state index is 13.6. The van der Waals surface area contributed by atoms with Crippen molar-refractivity contribution in [3.05, 3.63) is 101 Å². The van der Waals surface area contributed by atoms with E-state index in [4.69, 9.17) is 19.6 Å². The lowest BCUT2D eigenvalue weighted by Gasteiger charge is -2.24. The summed E-state index contributed by atoms with van der Waals surface area (Å²) in [5.74, 6) is 1.81. The van der Waals surface area contributed by atoms with Gasteiger partial charge in [0.1, 0.15) is 10.9 Å². The lowest BCUT2D eigenvalue weighted by molar-refractivity contribution is 0.354. The van der Waals surface area contributed by atoms with Crippen LogP contribution in [0.1, 0.15) is 27.6 Å². The zero-order valence-corrected chi connectivity index (χ0v) is 19.3.